The number of benzene rings is 1. The lowest BCUT2D eigenvalue weighted by Gasteiger charge is -2.19. The van der Waals surface area contributed by atoms with Crippen LogP contribution in [-0.2, 0) is 12.0 Å². The number of hydrogen-bond donors (Lipinski definition) is 2. The zero-order valence-corrected chi connectivity index (χ0v) is 18.7. The third-order valence-corrected chi connectivity index (χ3v) is 6.43. The van der Waals surface area contributed by atoms with Crippen LogP contribution in [0.2, 0.25) is 5.02 Å². The summed E-state index contributed by atoms with van der Waals surface area (Å²) in [4.78, 5) is 21.0. The second-order valence-electron chi connectivity index (χ2n) is 7.95. The highest BCUT2D eigenvalue weighted by Gasteiger charge is 2.22. The molecule has 1 aliphatic rings. The first-order valence-corrected chi connectivity index (χ1v) is 10.7. The van der Waals surface area contributed by atoms with Gasteiger partial charge >= 0.3 is 0 Å². The summed E-state index contributed by atoms with van der Waals surface area (Å²) in [5.41, 5.74) is 0.266. The lowest BCUT2D eigenvalue weighted by Crippen LogP contribution is -2.38. The topological polar surface area (TPSA) is 79.1 Å². The van der Waals surface area contributed by atoms with Crippen LogP contribution in [0.1, 0.15) is 36.0 Å². The standard InChI is InChI=1S/C20H27ClN4O3S/c1-20(2,3)16-12-25(10-9-24-8-7-22-18(24)27)19(29-16)23-17(26)14-11-13(21)5-6-15(14)28-4/h5-6,11-12,18,22,27H,7-10H2,1-4H3. The van der Waals surface area contributed by atoms with Gasteiger partial charge in [-0.1, -0.05) is 32.4 Å². The molecule has 2 heterocycles. The molecule has 3 rings (SSSR count). The number of nitrogens with zero attached hydrogens (tertiary/aromatic N) is 3. The minimum atomic E-state index is -0.630. The number of aliphatic hydroxyl groups is 1. The summed E-state index contributed by atoms with van der Waals surface area (Å²) in [5, 5.41) is 13.4. The van der Waals surface area contributed by atoms with Crippen LogP contribution in [0.4, 0.5) is 0 Å². The van der Waals surface area contributed by atoms with Crippen molar-refractivity contribution in [1.82, 2.24) is 14.8 Å². The van der Waals surface area contributed by atoms with Gasteiger partial charge < -0.3 is 14.4 Å². The molecule has 1 unspecified atom stereocenters. The Bertz CT molecular complexity index is 948. The van der Waals surface area contributed by atoms with Crippen LogP contribution in [0, 0.1) is 0 Å². The molecule has 158 valence electrons. The number of methoxy groups -OCH3 is 1. The maximum Gasteiger partial charge on any atom is 0.283 e. The smallest absolute Gasteiger partial charge is 0.283 e. The highest BCUT2D eigenvalue weighted by atomic mass is 35.5. The lowest BCUT2D eigenvalue weighted by molar-refractivity contribution is 0.0201. The van der Waals surface area contributed by atoms with E-state index in [2.05, 4.69) is 31.1 Å². The Hall–Kier alpha value is -1.71. The van der Waals surface area contributed by atoms with E-state index >= 15 is 0 Å². The average molecular weight is 439 g/mol. The molecule has 0 saturated carbocycles. The van der Waals surface area contributed by atoms with E-state index in [-0.39, 0.29) is 5.41 Å². The predicted octanol–water partition coefficient (Wildman–Crippen LogP) is 2.43. The largest absolute Gasteiger partial charge is 0.496 e. The van der Waals surface area contributed by atoms with E-state index in [4.69, 9.17) is 16.3 Å². The molecule has 1 fully saturated rings. The fraction of sp³-hybridized carbons (Fsp3) is 0.500. The van der Waals surface area contributed by atoms with Gasteiger partial charge in [-0.15, -0.1) is 11.3 Å². The summed E-state index contributed by atoms with van der Waals surface area (Å²) in [6.07, 6.45) is 1.41. The summed E-state index contributed by atoms with van der Waals surface area (Å²) in [6.45, 7) is 9.19. The summed E-state index contributed by atoms with van der Waals surface area (Å²) in [6, 6.07) is 4.91. The predicted molar refractivity (Wildman–Crippen MR) is 114 cm³/mol. The SMILES string of the molecule is COc1ccc(Cl)cc1C(=O)N=c1sc(C(C)(C)C)cn1CCN1CCNC1O. The minimum absolute atomic E-state index is 0.0638. The van der Waals surface area contributed by atoms with Gasteiger partial charge in [-0.3, -0.25) is 15.0 Å². The van der Waals surface area contributed by atoms with Gasteiger partial charge in [0.1, 0.15) is 5.75 Å². The number of hydrogen-bond acceptors (Lipinski definition) is 6. The molecule has 2 N–H and O–H groups in total. The second kappa shape index (κ2) is 8.97. The van der Waals surface area contributed by atoms with Crippen molar-refractivity contribution in [3.05, 3.63) is 44.7 Å². The van der Waals surface area contributed by atoms with Crippen LogP contribution in [0.3, 0.4) is 0 Å². The first-order chi connectivity index (χ1) is 13.7. The highest BCUT2D eigenvalue weighted by Crippen LogP contribution is 2.25. The second-order valence-corrected chi connectivity index (χ2v) is 9.39. The number of nitrogens with one attached hydrogen (secondary N) is 1. The van der Waals surface area contributed by atoms with Crippen molar-refractivity contribution in [1.29, 1.82) is 0 Å². The third kappa shape index (κ3) is 5.26. The first kappa shape index (κ1) is 22.0. The fourth-order valence-corrected chi connectivity index (χ4v) is 4.27. The molecule has 1 atom stereocenters. The van der Waals surface area contributed by atoms with Gasteiger partial charge in [-0.2, -0.15) is 4.99 Å². The maximum absolute atomic E-state index is 12.9. The van der Waals surface area contributed by atoms with Crippen LogP contribution in [0.25, 0.3) is 0 Å². The van der Waals surface area contributed by atoms with Crippen molar-refractivity contribution in [2.75, 3.05) is 26.7 Å². The Kier molecular flexibility index (Phi) is 6.80. The number of rotatable bonds is 5. The van der Waals surface area contributed by atoms with Gasteiger partial charge in [0.05, 0.1) is 12.7 Å². The molecule has 9 heteroatoms. The van der Waals surface area contributed by atoms with Gasteiger partial charge in [0.2, 0.25) is 0 Å². The monoisotopic (exact) mass is 438 g/mol. The van der Waals surface area contributed by atoms with E-state index in [9.17, 15) is 9.90 Å². The molecule has 1 aromatic heterocycles. The van der Waals surface area contributed by atoms with Crippen molar-refractivity contribution in [3.63, 3.8) is 0 Å². The Morgan fingerprint density at radius 2 is 2.17 bits per heavy atom. The number of ether oxygens (including phenoxy) is 1. The van der Waals surface area contributed by atoms with Crippen LogP contribution in [-0.4, -0.2) is 53.6 Å². The molecule has 1 aliphatic heterocycles. The number of halogens is 1. The molecule has 1 aromatic carbocycles. The molecular weight excluding hydrogens is 412 g/mol. The van der Waals surface area contributed by atoms with Gasteiger partial charge in [-0.05, 0) is 23.6 Å². The molecule has 0 aliphatic carbocycles. The van der Waals surface area contributed by atoms with Crippen LogP contribution < -0.4 is 14.9 Å². The molecule has 1 amide bonds. The molecule has 7 nitrogen and oxygen atoms in total. The molecule has 0 radical (unpaired) electrons. The number of amides is 1. The van der Waals surface area contributed by atoms with E-state index < -0.39 is 12.3 Å². The van der Waals surface area contributed by atoms with Crippen molar-refractivity contribution in [2.24, 2.45) is 4.99 Å². The van der Waals surface area contributed by atoms with Crippen LogP contribution in [0.15, 0.2) is 29.4 Å². The number of aliphatic hydroxyl groups excluding tert-OH is 1. The van der Waals surface area contributed by atoms with Gasteiger partial charge in [0, 0.05) is 42.3 Å². The van der Waals surface area contributed by atoms with Gasteiger partial charge in [0.15, 0.2) is 11.2 Å². The van der Waals surface area contributed by atoms with Crippen molar-refractivity contribution in [3.8, 4) is 5.75 Å². The molecule has 29 heavy (non-hydrogen) atoms. The number of carbonyl (C=O) groups excluding carboxylic acids is 1. The molecular formula is C20H27ClN4O3S. The van der Waals surface area contributed by atoms with Gasteiger partial charge in [0.25, 0.3) is 5.91 Å². The van der Waals surface area contributed by atoms with Crippen LogP contribution in [0.5, 0.6) is 5.75 Å². The summed E-state index contributed by atoms with van der Waals surface area (Å²) in [5.74, 6) is 0.0387. The first-order valence-electron chi connectivity index (χ1n) is 9.48. The van der Waals surface area contributed by atoms with E-state index in [1.807, 2.05) is 15.7 Å². The molecule has 2 aromatic rings. The highest BCUT2D eigenvalue weighted by molar-refractivity contribution is 7.09. The summed E-state index contributed by atoms with van der Waals surface area (Å²) in [7, 11) is 1.51. The van der Waals surface area contributed by atoms with Crippen LogP contribution >= 0.6 is 22.9 Å². The average Bonchev–Trinajstić information content (AvgIpc) is 3.25. The molecule has 1 saturated heterocycles. The number of thiazole rings is 1. The van der Waals surface area contributed by atoms with Crippen molar-refractivity contribution >= 4 is 28.8 Å². The third-order valence-electron chi connectivity index (χ3n) is 4.75. The van der Waals surface area contributed by atoms with E-state index in [0.717, 1.165) is 18.0 Å². The zero-order valence-electron chi connectivity index (χ0n) is 17.1. The van der Waals surface area contributed by atoms with E-state index in [1.165, 1.54) is 18.4 Å². The van der Waals surface area contributed by atoms with E-state index in [1.54, 1.807) is 18.2 Å². The number of aromatic nitrogens is 1. The number of carbonyl (C=O) groups is 1. The van der Waals surface area contributed by atoms with Crippen molar-refractivity contribution < 1.29 is 14.6 Å². The Morgan fingerprint density at radius 1 is 1.41 bits per heavy atom. The zero-order chi connectivity index (χ0) is 21.2. The lowest BCUT2D eigenvalue weighted by atomic mass is 9.95. The minimum Gasteiger partial charge on any atom is -0.496 e. The Morgan fingerprint density at radius 3 is 2.79 bits per heavy atom. The Labute approximate surface area is 179 Å². The fourth-order valence-electron chi connectivity index (χ4n) is 3.03. The quantitative estimate of drug-likeness (QED) is 0.749. The summed E-state index contributed by atoms with van der Waals surface area (Å²) < 4.78 is 7.27. The normalized spacial score (nSPS) is 18.4. The van der Waals surface area contributed by atoms with Gasteiger partial charge in [-0.25, -0.2) is 0 Å². The van der Waals surface area contributed by atoms with Crippen molar-refractivity contribution in [2.45, 2.75) is 39.1 Å². The maximum atomic E-state index is 12.9. The summed E-state index contributed by atoms with van der Waals surface area (Å²) >= 11 is 7.56. The molecule has 0 bridgehead atoms. The van der Waals surface area contributed by atoms with E-state index in [0.29, 0.717) is 34.2 Å². The Balaban J connectivity index is 1.95. The molecule has 0 spiro atoms.